The predicted molar refractivity (Wildman–Crippen MR) is 577 cm³/mol. The van der Waals surface area contributed by atoms with E-state index in [1.807, 2.05) is 165 Å². The standard InChI is InChI=1S/C29H29ClN8O.C26H28ClN7O3.C26H30ClN7O2.C25H28ClN7O2/c1-19-13-20(29(39)33-19)14-21-17-32-38-27(16-26(36-28(21)38)34-24-7-4-5-22(30)15-24)35-23-8-11-37(12-9-23)18-25-6-2-3-10-31-25;1-16-10-17(26(36)29-16)11-18-14-28-34-23(31-20-6-8-33(9-7-20)15-24(35)37-2)13-22(32-25(18)34)30-21-5-3-4-19(27)12-21;1-16-10-18(26(36)29-16)11-19-14-28-34-24(31-21-6-8-33(9-7-21)15-17(2)35)13-23(32-25(19)34)30-22-5-3-4-20(27)12-22;1-16-11-17(25(35)28-16)12-18-15-27-33-23(30-20-5-7-32(8-6-20)9-10-34)14-22(31-24(18)33)29-21-4-2-3-19(26)13-21/h2-7,10,14-17,23,35H,1,8-9,11-13,18H2,(H,33,39)(H,34,36);3-5,11-14,20,31H,1,6-10,15H2,2H3,(H,29,36)(H,30,32);3-5,11-14,17,21,31,35H,1,6-10,15H2,2H3,(H,29,36)(H,30,32);2-4,12-15,20,30,34H,1,5-11H2,(H,28,35)(H,29,31)/b20-14+;17-11+;18-11+;17-12+. The SMILES string of the molecule is C=C1C/C(=C\c2cnn3c(NC4CCN(CC(=O)OC)CC4)cc(Nc4cccc(Cl)c4)nc23)C(=O)N1.C=C1C/C(=C\c2cnn3c(NC4CCN(CC(C)O)CC4)cc(Nc4cccc(Cl)c4)nc23)C(=O)N1.C=C1C/C(=C\c2cnn3c(NC4CCN(CCO)CC4)cc(Nc4cccc(Cl)c4)nc23)C(=O)N1.C=C1C/C(=C\c2cnn3c(NC4CCN(Cc5ccccn5)CC4)cc(Nc4cccc(Cl)c4)nc23)C(=O)N1. The minimum atomic E-state index is -0.329. The second-order valence-corrected chi connectivity index (χ2v) is 39.2. The molecule has 0 spiro atoms. The number of ether oxygens (including phenoxy) is 1. The van der Waals surface area contributed by atoms with Gasteiger partial charge in [0.25, 0.3) is 23.6 Å². The van der Waals surface area contributed by atoms with Crippen molar-refractivity contribution in [3.8, 4) is 0 Å². The highest BCUT2D eigenvalue weighted by atomic mass is 35.5. The van der Waals surface area contributed by atoms with Gasteiger partial charge in [-0.1, -0.05) is 103 Å². The van der Waals surface area contributed by atoms with Gasteiger partial charge in [-0.25, -0.2) is 19.9 Å². The van der Waals surface area contributed by atoms with Gasteiger partial charge in [0.1, 0.15) is 46.5 Å². The smallest absolute Gasteiger partial charge is 0.319 e. The zero-order chi connectivity index (χ0) is 102. The fraction of sp³-hybridized carbons (Fsp3) is 0.302. The Hall–Kier alpha value is -14.9. The largest absolute Gasteiger partial charge is 0.468 e. The number of aliphatic hydroxyl groups is 2. The molecule has 0 bridgehead atoms. The highest BCUT2D eigenvalue weighted by Gasteiger charge is 2.32. The number of carbonyl (C=O) groups is 5. The lowest BCUT2D eigenvalue weighted by Gasteiger charge is -2.33. The minimum absolute atomic E-state index is 0.136. The van der Waals surface area contributed by atoms with Gasteiger partial charge in [0.05, 0.1) is 56.8 Å². The number of anilines is 12. The van der Waals surface area contributed by atoms with Crippen LogP contribution >= 0.6 is 46.4 Å². The molecule has 0 aliphatic carbocycles. The van der Waals surface area contributed by atoms with Gasteiger partial charge in [0.2, 0.25) is 0 Å². The molecule has 9 aromatic heterocycles. The Balaban J connectivity index is 0.000000128. The van der Waals surface area contributed by atoms with Crippen LogP contribution in [0.15, 0.2) is 242 Å². The van der Waals surface area contributed by atoms with E-state index in [2.05, 4.69) is 141 Å². The maximum absolute atomic E-state index is 12.3. The first kappa shape index (κ1) is 102. The topological polar surface area (TPSA) is 426 Å². The normalized spacial score (nSPS) is 18.2. The van der Waals surface area contributed by atoms with Crippen molar-refractivity contribution in [3.63, 3.8) is 0 Å². The maximum atomic E-state index is 12.3. The Morgan fingerprint density at radius 3 is 0.986 bits per heavy atom. The molecular formula is C106H115Cl4N29O8. The number of likely N-dealkylation sites (tertiary alicyclic amines) is 4. The number of aliphatic hydroxyl groups excluding tert-OH is 2. The van der Waals surface area contributed by atoms with E-state index < -0.39 is 0 Å². The molecule has 8 saturated heterocycles. The van der Waals surface area contributed by atoms with E-state index >= 15 is 0 Å². The molecule has 4 amide bonds. The Labute approximate surface area is 868 Å². The predicted octanol–water partition coefficient (Wildman–Crippen LogP) is 15.8. The lowest BCUT2D eigenvalue weighted by atomic mass is 10.0. The Kier molecular flexibility index (Phi) is 32.7. The fourth-order valence-electron chi connectivity index (χ4n) is 18.8. The molecule has 14 N–H and O–H groups in total. The Morgan fingerprint density at radius 2 is 0.721 bits per heavy atom. The average Bonchev–Trinajstić information content (AvgIpc) is 1.66. The van der Waals surface area contributed by atoms with Crippen molar-refractivity contribution in [2.75, 3.05) is 128 Å². The number of nitrogens with zero attached hydrogens (tertiary/aromatic N) is 17. The number of β-amino-alcohol motifs (C(OH)–C–C–N with tert-alkyl or cyclic N) is 2. The summed E-state index contributed by atoms with van der Waals surface area (Å²) in [7, 11) is 1.41. The molecule has 1 unspecified atom stereocenters. The molecule has 17 heterocycles. The number of fused-ring (bicyclic) bond motifs is 4. The molecule has 0 saturated carbocycles. The zero-order valence-corrected chi connectivity index (χ0v) is 84.4. The summed E-state index contributed by atoms with van der Waals surface area (Å²) in [4.78, 5) is 93.6. The molecule has 1 atom stereocenters. The number of amides is 4. The van der Waals surface area contributed by atoms with E-state index in [-0.39, 0.29) is 66.5 Å². The van der Waals surface area contributed by atoms with Crippen molar-refractivity contribution in [3.05, 3.63) is 290 Å². The average molecular weight is 2070 g/mol. The molecule has 13 aromatic rings. The van der Waals surface area contributed by atoms with Crippen LogP contribution in [0.25, 0.3) is 46.9 Å². The van der Waals surface area contributed by atoms with Crippen LogP contribution in [0.5, 0.6) is 0 Å². The van der Waals surface area contributed by atoms with Gasteiger partial charge in [-0.3, -0.25) is 38.8 Å². The summed E-state index contributed by atoms with van der Waals surface area (Å²) >= 11 is 24.7. The molecule has 8 aliphatic rings. The third-order valence-corrected chi connectivity index (χ3v) is 27.0. The van der Waals surface area contributed by atoms with E-state index in [0.29, 0.717) is 156 Å². The quantitative estimate of drug-likeness (QED) is 0.0160. The number of halogens is 4. The number of allylic oxidation sites excluding steroid dienone is 4. The first-order chi connectivity index (χ1) is 71.2. The molecule has 21 rings (SSSR count). The van der Waals surface area contributed by atoms with Crippen LogP contribution in [0.1, 0.15) is 112 Å². The number of methoxy groups -OCH3 is 1. The molecule has 8 fully saturated rings. The number of hydrogen-bond acceptors (Lipinski definition) is 29. The first-order valence-electron chi connectivity index (χ1n) is 48.9. The van der Waals surface area contributed by atoms with Crippen molar-refractivity contribution < 1.29 is 38.9 Å². The minimum Gasteiger partial charge on any atom is -0.468 e. The monoisotopic (exact) mass is 2060 g/mol. The third-order valence-electron chi connectivity index (χ3n) is 26.0. The zero-order valence-electron chi connectivity index (χ0n) is 81.3. The second kappa shape index (κ2) is 47.1. The van der Waals surface area contributed by atoms with E-state index in [4.69, 9.17) is 71.1 Å². The highest BCUT2D eigenvalue weighted by molar-refractivity contribution is 6.32. The van der Waals surface area contributed by atoms with Gasteiger partial charge >= 0.3 is 5.97 Å². The molecule has 4 aromatic carbocycles. The summed E-state index contributed by atoms with van der Waals surface area (Å²) in [6.45, 7) is 27.2. The van der Waals surface area contributed by atoms with Crippen LogP contribution in [0.4, 0.5) is 69.3 Å². The fourth-order valence-corrected chi connectivity index (χ4v) is 19.6. The number of hydrogen-bond donors (Lipinski definition) is 14. The summed E-state index contributed by atoms with van der Waals surface area (Å²) in [5, 5.41) is 78.8. The number of aromatic nitrogens is 13. The lowest BCUT2D eigenvalue weighted by molar-refractivity contribution is -0.142. The van der Waals surface area contributed by atoms with Crippen molar-refractivity contribution in [2.24, 2.45) is 0 Å². The summed E-state index contributed by atoms with van der Waals surface area (Å²) in [6, 6.07) is 44.6. The molecule has 147 heavy (non-hydrogen) atoms. The number of carbonyl (C=O) groups excluding carboxylic acids is 5. The first-order valence-corrected chi connectivity index (χ1v) is 50.4. The highest BCUT2D eigenvalue weighted by Crippen LogP contribution is 2.36. The van der Waals surface area contributed by atoms with Crippen LogP contribution in [0, 0.1) is 0 Å². The van der Waals surface area contributed by atoms with E-state index in [9.17, 15) is 34.2 Å². The second-order valence-electron chi connectivity index (χ2n) is 37.4. The summed E-state index contributed by atoms with van der Waals surface area (Å²) in [5.41, 5.74) is 15.1. The molecule has 37 nitrogen and oxygen atoms in total. The molecule has 760 valence electrons. The van der Waals surface area contributed by atoms with Gasteiger partial charge in [-0.15, -0.1) is 0 Å². The van der Waals surface area contributed by atoms with Gasteiger partial charge < -0.3 is 88.6 Å². The van der Waals surface area contributed by atoms with E-state index in [1.54, 1.807) is 48.9 Å². The summed E-state index contributed by atoms with van der Waals surface area (Å²) in [5.74, 6) is 4.96. The molecule has 41 heteroatoms. The Bertz CT molecular complexity index is 7270. The number of benzene rings is 4. The molecule has 0 radical (unpaired) electrons. The van der Waals surface area contributed by atoms with Crippen LogP contribution in [-0.2, 0) is 35.3 Å². The number of rotatable bonds is 28. The number of nitrogens with one attached hydrogen (secondary N) is 12. The number of piperidine rings is 4. The maximum Gasteiger partial charge on any atom is 0.319 e. The third kappa shape index (κ3) is 26.7. The van der Waals surface area contributed by atoms with Crippen LogP contribution in [0.2, 0.25) is 20.1 Å². The van der Waals surface area contributed by atoms with Gasteiger partial charge in [-0.2, -0.15) is 38.5 Å². The van der Waals surface area contributed by atoms with Crippen molar-refractivity contribution in [1.29, 1.82) is 0 Å². The van der Waals surface area contributed by atoms with Gasteiger partial charge in [0.15, 0.2) is 22.6 Å². The summed E-state index contributed by atoms with van der Waals surface area (Å²) in [6.07, 6.45) is 25.1. The van der Waals surface area contributed by atoms with Crippen molar-refractivity contribution in [2.45, 2.75) is 121 Å². The van der Waals surface area contributed by atoms with Crippen molar-refractivity contribution >= 4 is 192 Å². The van der Waals surface area contributed by atoms with Crippen molar-refractivity contribution in [1.82, 2.24) is 104 Å². The van der Waals surface area contributed by atoms with Crippen LogP contribution < -0.4 is 63.8 Å². The number of pyridine rings is 1. The van der Waals surface area contributed by atoms with Gasteiger partial charge in [-0.05, 0) is 168 Å². The molecule has 8 aliphatic heterocycles. The molecular weight excluding hydrogens is 1950 g/mol. The van der Waals surface area contributed by atoms with Gasteiger partial charge in [0, 0.05) is 262 Å². The van der Waals surface area contributed by atoms with Crippen LogP contribution in [-0.4, -0.2) is 239 Å². The lowest BCUT2D eigenvalue weighted by Crippen LogP contribution is -2.42. The Morgan fingerprint density at radius 1 is 0.422 bits per heavy atom. The van der Waals surface area contributed by atoms with E-state index in [0.717, 1.165) is 184 Å². The summed E-state index contributed by atoms with van der Waals surface area (Å²) < 4.78 is 11.9. The number of esters is 1. The van der Waals surface area contributed by atoms with E-state index in [1.165, 1.54) is 7.11 Å². The van der Waals surface area contributed by atoms with Crippen LogP contribution in [0.3, 0.4) is 0 Å².